The van der Waals surface area contributed by atoms with Gasteiger partial charge >= 0.3 is 0 Å². The van der Waals surface area contributed by atoms with E-state index in [1.807, 2.05) is 31.2 Å². The highest BCUT2D eigenvalue weighted by Gasteiger charge is 2.34. The zero-order chi connectivity index (χ0) is 19.3. The van der Waals surface area contributed by atoms with Gasteiger partial charge in [-0.3, -0.25) is 4.79 Å². The Balaban J connectivity index is 1.74. The van der Waals surface area contributed by atoms with Crippen molar-refractivity contribution < 1.29 is 9.53 Å². The maximum Gasteiger partial charge on any atom is 0.226 e. The second kappa shape index (κ2) is 6.15. The summed E-state index contributed by atoms with van der Waals surface area (Å²) >= 11 is 0. The minimum atomic E-state index is -0.159. The number of amides is 1. The summed E-state index contributed by atoms with van der Waals surface area (Å²) in [4.78, 5) is 28.3. The van der Waals surface area contributed by atoms with Crippen LogP contribution in [0.2, 0.25) is 0 Å². The maximum absolute atomic E-state index is 12.6. The van der Waals surface area contributed by atoms with E-state index in [2.05, 4.69) is 30.4 Å². The van der Waals surface area contributed by atoms with E-state index < -0.39 is 0 Å². The van der Waals surface area contributed by atoms with Gasteiger partial charge in [0.05, 0.1) is 19.1 Å². The van der Waals surface area contributed by atoms with Crippen molar-refractivity contribution in [2.24, 2.45) is 0 Å². The molecular weight excluding hydrogens is 358 g/mol. The molecular formula is C19H17N7O2. The Labute approximate surface area is 159 Å². The number of ether oxygens (including phenoxy) is 1. The lowest BCUT2D eigenvalue weighted by Crippen LogP contribution is -2.25. The first-order valence-corrected chi connectivity index (χ1v) is 8.84. The smallest absolute Gasteiger partial charge is 0.226 e. The predicted octanol–water partition coefficient (Wildman–Crippen LogP) is 2.33. The Hall–Kier alpha value is -3.75. The lowest BCUT2D eigenvalue weighted by atomic mass is 9.85. The van der Waals surface area contributed by atoms with E-state index in [-0.39, 0.29) is 11.8 Å². The number of anilines is 1. The monoisotopic (exact) mass is 375 g/mol. The molecule has 0 spiro atoms. The number of nitrogens with one attached hydrogen (secondary N) is 2. The number of rotatable bonds is 3. The van der Waals surface area contributed by atoms with Crippen LogP contribution in [-0.2, 0) is 4.79 Å². The molecule has 1 atom stereocenters. The fourth-order valence-corrected chi connectivity index (χ4v) is 3.83. The van der Waals surface area contributed by atoms with Crippen molar-refractivity contribution in [2.75, 3.05) is 12.4 Å². The van der Waals surface area contributed by atoms with Crippen LogP contribution < -0.4 is 10.1 Å². The Morgan fingerprint density at radius 3 is 2.93 bits per heavy atom. The highest BCUT2D eigenvalue weighted by molar-refractivity contribution is 5.95. The topological polar surface area (TPSA) is 111 Å². The SMILES string of the molecule is COc1ccccc1[C@H]1CC(=O)Nc2c1c(C)nn2-c1ncnc2nc[nH]c12. The quantitative estimate of drug-likeness (QED) is 0.569. The molecule has 0 unspecified atom stereocenters. The first-order valence-electron chi connectivity index (χ1n) is 8.84. The summed E-state index contributed by atoms with van der Waals surface area (Å²) in [6, 6.07) is 7.75. The zero-order valence-corrected chi connectivity index (χ0v) is 15.3. The highest BCUT2D eigenvalue weighted by atomic mass is 16.5. The number of hydrogen-bond donors (Lipinski definition) is 2. The van der Waals surface area contributed by atoms with Gasteiger partial charge in [-0.15, -0.1) is 0 Å². The number of aromatic nitrogens is 6. The van der Waals surface area contributed by atoms with Crippen molar-refractivity contribution in [2.45, 2.75) is 19.3 Å². The molecule has 1 aliphatic rings. The first kappa shape index (κ1) is 16.4. The minimum Gasteiger partial charge on any atom is -0.496 e. The number of carbonyl (C=O) groups is 1. The molecule has 9 heteroatoms. The molecule has 2 N–H and O–H groups in total. The van der Waals surface area contributed by atoms with Gasteiger partial charge in [0.15, 0.2) is 11.5 Å². The summed E-state index contributed by atoms with van der Waals surface area (Å²) in [5.74, 6) is 1.65. The number of aromatic amines is 1. The fourth-order valence-electron chi connectivity index (χ4n) is 3.83. The zero-order valence-electron chi connectivity index (χ0n) is 15.3. The van der Waals surface area contributed by atoms with Gasteiger partial charge in [0.2, 0.25) is 5.91 Å². The molecule has 3 aromatic heterocycles. The van der Waals surface area contributed by atoms with Crippen molar-refractivity contribution in [3.8, 4) is 11.6 Å². The fraction of sp³-hybridized carbons (Fsp3) is 0.211. The predicted molar refractivity (Wildman–Crippen MR) is 102 cm³/mol. The molecule has 1 amide bonds. The van der Waals surface area contributed by atoms with Crippen LogP contribution in [0.15, 0.2) is 36.9 Å². The molecule has 0 fully saturated rings. The average molecular weight is 375 g/mol. The molecule has 140 valence electrons. The van der Waals surface area contributed by atoms with Crippen molar-refractivity contribution in [1.82, 2.24) is 29.7 Å². The number of nitrogens with zero attached hydrogens (tertiary/aromatic N) is 5. The van der Waals surface area contributed by atoms with E-state index in [0.29, 0.717) is 29.2 Å². The number of methoxy groups -OCH3 is 1. The van der Waals surface area contributed by atoms with Gasteiger partial charge in [0, 0.05) is 23.5 Å². The molecule has 0 saturated heterocycles. The van der Waals surface area contributed by atoms with E-state index in [9.17, 15) is 4.79 Å². The van der Waals surface area contributed by atoms with Crippen molar-refractivity contribution in [3.63, 3.8) is 0 Å². The van der Waals surface area contributed by atoms with Gasteiger partial charge in [-0.2, -0.15) is 9.78 Å². The third-order valence-corrected chi connectivity index (χ3v) is 5.02. The van der Waals surface area contributed by atoms with Crippen LogP contribution in [0.5, 0.6) is 5.75 Å². The van der Waals surface area contributed by atoms with E-state index in [4.69, 9.17) is 4.74 Å². The van der Waals surface area contributed by atoms with Crippen molar-refractivity contribution in [3.05, 3.63) is 53.7 Å². The minimum absolute atomic E-state index is 0.0838. The maximum atomic E-state index is 12.6. The molecule has 0 aliphatic carbocycles. The number of imidazole rings is 1. The van der Waals surface area contributed by atoms with Gasteiger partial charge < -0.3 is 15.0 Å². The number of fused-ring (bicyclic) bond motifs is 2. The van der Waals surface area contributed by atoms with Gasteiger partial charge in [-0.1, -0.05) is 18.2 Å². The summed E-state index contributed by atoms with van der Waals surface area (Å²) < 4.78 is 7.18. The van der Waals surface area contributed by atoms with Crippen molar-refractivity contribution >= 4 is 22.9 Å². The summed E-state index contributed by atoms with van der Waals surface area (Å²) in [5, 5.41) is 7.65. The van der Waals surface area contributed by atoms with Gasteiger partial charge in [0.25, 0.3) is 0 Å². The summed E-state index contributed by atoms with van der Waals surface area (Å²) in [5.41, 5.74) is 3.92. The van der Waals surface area contributed by atoms with Gasteiger partial charge in [-0.05, 0) is 13.0 Å². The standard InChI is InChI=1S/C19H17N7O2/c1-10-15-12(11-5-3-4-6-13(11)28-2)7-14(27)24-18(15)26(25-10)19-16-17(21-8-20-16)22-9-23-19/h3-6,8-9,12H,7H2,1-2H3,(H,24,27)(H,20,21,22,23)/t12-/m1/s1. The van der Waals surface area contributed by atoms with Gasteiger partial charge in [0.1, 0.15) is 23.4 Å². The number of benzene rings is 1. The van der Waals surface area contributed by atoms with Crippen LogP contribution in [-0.4, -0.2) is 42.7 Å². The Morgan fingerprint density at radius 2 is 2.07 bits per heavy atom. The van der Waals surface area contributed by atoms with E-state index in [0.717, 1.165) is 22.6 Å². The Kier molecular flexibility index (Phi) is 3.61. The van der Waals surface area contributed by atoms with Crippen molar-refractivity contribution in [1.29, 1.82) is 0 Å². The lowest BCUT2D eigenvalue weighted by molar-refractivity contribution is -0.116. The Bertz CT molecular complexity index is 1210. The van der Waals surface area contributed by atoms with Crippen LogP contribution in [0.3, 0.4) is 0 Å². The molecule has 4 aromatic rings. The number of aryl methyl sites for hydroxylation is 1. The molecule has 5 rings (SSSR count). The second-order valence-corrected chi connectivity index (χ2v) is 6.60. The molecule has 0 saturated carbocycles. The summed E-state index contributed by atoms with van der Waals surface area (Å²) in [7, 11) is 1.63. The highest BCUT2D eigenvalue weighted by Crippen LogP contribution is 2.43. The van der Waals surface area contributed by atoms with E-state index in [1.165, 1.54) is 6.33 Å². The second-order valence-electron chi connectivity index (χ2n) is 6.60. The number of H-pyrrole nitrogens is 1. The molecule has 0 bridgehead atoms. The third-order valence-electron chi connectivity index (χ3n) is 5.02. The first-order chi connectivity index (χ1) is 13.7. The molecule has 1 aliphatic heterocycles. The molecule has 4 heterocycles. The molecule has 28 heavy (non-hydrogen) atoms. The molecule has 0 radical (unpaired) electrons. The summed E-state index contributed by atoms with van der Waals surface area (Å²) in [6.07, 6.45) is 3.31. The number of carbonyl (C=O) groups excluding carboxylic acids is 1. The van der Waals surface area contributed by atoms with Crippen LogP contribution in [0, 0.1) is 6.92 Å². The normalized spacial score (nSPS) is 16.1. The largest absolute Gasteiger partial charge is 0.496 e. The van der Waals surface area contributed by atoms with E-state index in [1.54, 1.807) is 18.1 Å². The molecule has 9 nitrogen and oxygen atoms in total. The number of para-hydroxylation sites is 1. The van der Waals surface area contributed by atoms with Gasteiger partial charge in [-0.25, -0.2) is 15.0 Å². The number of hydrogen-bond acceptors (Lipinski definition) is 6. The third kappa shape index (κ3) is 2.36. The van der Waals surface area contributed by atoms with Crippen LogP contribution in [0.1, 0.15) is 29.2 Å². The Morgan fingerprint density at radius 1 is 1.21 bits per heavy atom. The van der Waals surface area contributed by atoms with E-state index >= 15 is 0 Å². The van der Waals surface area contributed by atoms with Crippen LogP contribution in [0.4, 0.5) is 5.82 Å². The molecule has 1 aromatic carbocycles. The van der Waals surface area contributed by atoms with Crippen LogP contribution in [0.25, 0.3) is 17.0 Å². The average Bonchev–Trinajstić information content (AvgIpc) is 3.32. The lowest BCUT2D eigenvalue weighted by Gasteiger charge is -2.25. The van der Waals surface area contributed by atoms with Crippen LogP contribution >= 0.6 is 0 Å². The summed E-state index contributed by atoms with van der Waals surface area (Å²) in [6.45, 7) is 1.93.